The van der Waals surface area contributed by atoms with E-state index in [-0.39, 0.29) is 11.5 Å². The molecule has 5 heteroatoms. The molecule has 110 valence electrons. The topological polar surface area (TPSA) is 38.3 Å². The number of hydrogen-bond donors (Lipinski definition) is 1. The highest BCUT2D eigenvalue weighted by molar-refractivity contribution is 5.94. The van der Waals surface area contributed by atoms with Gasteiger partial charge in [0.15, 0.2) is 0 Å². The fourth-order valence-electron chi connectivity index (χ4n) is 1.97. The molecule has 0 radical (unpaired) electrons. The molecule has 2 aromatic carbocycles. The summed E-state index contributed by atoms with van der Waals surface area (Å²) < 4.78 is 31.6. The van der Waals surface area contributed by atoms with E-state index >= 15 is 0 Å². The molecule has 0 fully saturated rings. The molecule has 0 heterocycles. The van der Waals surface area contributed by atoms with E-state index in [1.807, 2.05) is 0 Å². The number of amides is 1. The molecule has 0 unspecified atom stereocenters. The largest absolute Gasteiger partial charge is 0.497 e. The maximum absolute atomic E-state index is 13.7. The SMILES string of the molecule is COc1cccc(C(=O)N[C@H](C)c2ccc(F)cc2F)c1. The van der Waals surface area contributed by atoms with Crippen LogP contribution in [0, 0.1) is 11.6 Å². The predicted molar refractivity (Wildman–Crippen MR) is 75.2 cm³/mol. The van der Waals surface area contributed by atoms with Gasteiger partial charge in [0.2, 0.25) is 0 Å². The zero-order valence-electron chi connectivity index (χ0n) is 11.7. The van der Waals surface area contributed by atoms with Crippen LogP contribution in [0.4, 0.5) is 8.78 Å². The van der Waals surface area contributed by atoms with Gasteiger partial charge in [-0.3, -0.25) is 4.79 Å². The lowest BCUT2D eigenvalue weighted by molar-refractivity contribution is 0.0939. The minimum absolute atomic E-state index is 0.229. The molecule has 0 aliphatic heterocycles. The average molecular weight is 291 g/mol. The number of nitrogens with one attached hydrogen (secondary N) is 1. The molecule has 3 nitrogen and oxygen atoms in total. The second-order valence-electron chi connectivity index (χ2n) is 4.59. The molecule has 0 aliphatic rings. The first-order valence-electron chi connectivity index (χ1n) is 6.41. The van der Waals surface area contributed by atoms with E-state index in [4.69, 9.17) is 4.74 Å². The molecule has 0 saturated heterocycles. The number of halogens is 2. The molecule has 1 N–H and O–H groups in total. The van der Waals surface area contributed by atoms with Gasteiger partial charge in [0.25, 0.3) is 5.91 Å². The molecule has 2 rings (SSSR count). The third-order valence-electron chi connectivity index (χ3n) is 3.11. The molecule has 2 aromatic rings. The second-order valence-corrected chi connectivity index (χ2v) is 4.59. The number of hydrogen-bond acceptors (Lipinski definition) is 2. The molecule has 0 aliphatic carbocycles. The van der Waals surface area contributed by atoms with Gasteiger partial charge >= 0.3 is 0 Å². The smallest absolute Gasteiger partial charge is 0.251 e. The molecule has 0 aromatic heterocycles. The molecule has 21 heavy (non-hydrogen) atoms. The lowest BCUT2D eigenvalue weighted by atomic mass is 10.1. The van der Waals surface area contributed by atoms with Gasteiger partial charge in [0.1, 0.15) is 17.4 Å². The highest BCUT2D eigenvalue weighted by atomic mass is 19.1. The van der Waals surface area contributed by atoms with Crippen molar-refractivity contribution in [2.24, 2.45) is 0 Å². The van der Waals surface area contributed by atoms with Gasteiger partial charge in [-0.15, -0.1) is 0 Å². The van der Waals surface area contributed by atoms with E-state index < -0.39 is 17.7 Å². The van der Waals surface area contributed by atoms with Gasteiger partial charge in [0, 0.05) is 17.2 Å². The Bertz CT molecular complexity index is 658. The predicted octanol–water partition coefficient (Wildman–Crippen LogP) is 3.46. The summed E-state index contributed by atoms with van der Waals surface area (Å²) in [6.07, 6.45) is 0. The third kappa shape index (κ3) is 3.56. The lowest BCUT2D eigenvalue weighted by Gasteiger charge is -2.15. The van der Waals surface area contributed by atoms with Crippen molar-refractivity contribution in [2.45, 2.75) is 13.0 Å². The van der Waals surface area contributed by atoms with Crippen molar-refractivity contribution in [3.8, 4) is 5.75 Å². The van der Waals surface area contributed by atoms with Gasteiger partial charge in [-0.25, -0.2) is 8.78 Å². The van der Waals surface area contributed by atoms with Crippen molar-refractivity contribution in [2.75, 3.05) is 7.11 Å². The standard InChI is InChI=1S/C16H15F2NO2/c1-10(14-7-6-12(17)9-15(14)18)19-16(20)11-4-3-5-13(8-11)21-2/h3-10H,1-2H3,(H,19,20)/t10-/m1/s1. The lowest BCUT2D eigenvalue weighted by Crippen LogP contribution is -2.27. The van der Waals surface area contributed by atoms with E-state index in [1.54, 1.807) is 31.2 Å². The number of carbonyl (C=O) groups excluding carboxylic acids is 1. The quantitative estimate of drug-likeness (QED) is 0.936. The Hall–Kier alpha value is -2.43. The average Bonchev–Trinajstić information content (AvgIpc) is 2.47. The van der Waals surface area contributed by atoms with Gasteiger partial charge in [-0.1, -0.05) is 12.1 Å². The van der Waals surface area contributed by atoms with Gasteiger partial charge in [-0.05, 0) is 31.2 Å². The molecule has 0 saturated carbocycles. The van der Waals surface area contributed by atoms with Crippen LogP contribution in [0.2, 0.25) is 0 Å². The molecule has 1 amide bonds. The van der Waals surface area contributed by atoms with E-state index in [9.17, 15) is 13.6 Å². The Morgan fingerprint density at radius 2 is 1.95 bits per heavy atom. The summed E-state index contributed by atoms with van der Waals surface area (Å²) in [6.45, 7) is 1.63. The van der Waals surface area contributed by atoms with Gasteiger partial charge in [-0.2, -0.15) is 0 Å². The van der Waals surface area contributed by atoms with Crippen LogP contribution in [0.25, 0.3) is 0 Å². The minimum atomic E-state index is -0.687. The van der Waals surface area contributed by atoms with Crippen LogP contribution in [0.15, 0.2) is 42.5 Å². The zero-order chi connectivity index (χ0) is 15.4. The van der Waals surface area contributed by atoms with Crippen LogP contribution in [-0.4, -0.2) is 13.0 Å². The summed E-state index contributed by atoms with van der Waals surface area (Å²) >= 11 is 0. The molecular formula is C16H15F2NO2. The molecule has 0 spiro atoms. The number of carbonyl (C=O) groups is 1. The normalized spacial score (nSPS) is 11.8. The summed E-state index contributed by atoms with van der Waals surface area (Å²) in [7, 11) is 1.51. The number of rotatable bonds is 4. The minimum Gasteiger partial charge on any atom is -0.497 e. The Kier molecular flexibility index (Phi) is 4.52. The van der Waals surface area contributed by atoms with Crippen LogP contribution in [-0.2, 0) is 0 Å². The Morgan fingerprint density at radius 1 is 1.19 bits per heavy atom. The molecular weight excluding hydrogens is 276 g/mol. The van der Waals surface area contributed by atoms with Gasteiger partial charge < -0.3 is 10.1 Å². The van der Waals surface area contributed by atoms with Crippen molar-refractivity contribution < 1.29 is 18.3 Å². The first-order valence-corrected chi connectivity index (χ1v) is 6.41. The van der Waals surface area contributed by atoms with Crippen molar-refractivity contribution in [3.05, 3.63) is 65.2 Å². The highest BCUT2D eigenvalue weighted by Crippen LogP contribution is 2.19. The van der Waals surface area contributed by atoms with E-state index in [0.717, 1.165) is 12.1 Å². The first kappa shape index (κ1) is 15.0. The fourth-order valence-corrected chi connectivity index (χ4v) is 1.97. The summed E-state index contributed by atoms with van der Waals surface area (Å²) in [5.41, 5.74) is 0.636. The Labute approximate surface area is 121 Å². The maximum Gasteiger partial charge on any atom is 0.251 e. The number of methoxy groups -OCH3 is 1. The van der Waals surface area contributed by atoms with Crippen LogP contribution in [0.1, 0.15) is 28.9 Å². The summed E-state index contributed by atoms with van der Waals surface area (Å²) in [6, 6.07) is 9.33. The fraction of sp³-hybridized carbons (Fsp3) is 0.188. The van der Waals surface area contributed by atoms with Crippen LogP contribution in [0.5, 0.6) is 5.75 Å². The summed E-state index contributed by atoms with van der Waals surface area (Å²) in [4.78, 5) is 12.1. The van der Waals surface area contributed by atoms with E-state index in [0.29, 0.717) is 11.3 Å². The first-order chi connectivity index (χ1) is 10.0. The van der Waals surface area contributed by atoms with Crippen molar-refractivity contribution in [3.63, 3.8) is 0 Å². The van der Waals surface area contributed by atoms with Crippen LogP contribution >= 0.6 is 0 Å². The van der Waals surface area contributed by atoms with Crippen LogP contribution < -0.4 is 10.1 Å². The summed E-state index contributed by atoms with van der Waals surface area (Å²) in [5, 5.41) is 2.67. The van der Waals surface area contributed by atoms with Crippen molar-refractivity contribution in [1.29, 1.82) is 0 Å². The van der Waals surface area contributed by atoms with Gasteiger partial charge in [0.05, 0.1) is 13.2 Å². The summed E-state index contributed by atoms with van der Waals surface area (Å²) in [5.74, 6) is -1.13. The zero-order valence-corrected chi connectivity index (χ0v) is 11.7. The Balaban J connectivity index is 2.14. The Morgan fingerprint density at radius 3 is 2.62 bits per heavy atom. The second kappa shape index (κ2) is 6.35. The maximum atomic E-state index is 13.7. The monoisotopic (exact) mass is 291 g/mol. The van der Waals surface area contributed by atoms with Crippen molar-refractivity contribution >= 4 is 5.91 Å². The highest BCUT2D eigenvalue weighted by Gasteiger charge is 2.15. The molecule has 0 bridgehead atoms. The number of benzene rings is 2. The van der Waals surface area contributed by atoms with E-state index in [1.165, 1.54) is 13.2 Å². The third-order valence-corrected chi connectivity index (χ3v) is 3.11. The number of ether oxygens (including phenoxy) is 1. The van der Waals surface area contributed by atoms with Crippen molar-refractivity contribution in [1.82, 2.24) is 5.32 Å². The van der Waals surface area contributed by atoms with E-state index in [2.05, 4.69) is 5.32 Å². The van der Waals surface area contributed by atoms with Crippen LogP contribution in [0.3, 0.4) is 0 Å². The molecule has 1 atom stereocenters.